The highest BCUT2D eigenvalue weighted by Crippen LogP contribution is 2.47. The Labute approximate surface area is 70.7 Å². The van der Waals surface area contributed by atoms with Crippen LogP contribution in [0.15, 0.2) is 21.7 Å². The van der Waals surface area contributed by atoms with Gasteiger partial charge in [-0.1, -0.05) is 12.1 Å². The summed E-state index contributed by atoms with van der Waals surface area (Å²) in [6.07, 6.45) is 2.51. The van der Waals surface area contributed by atoms with Crippen LogP contribution in [-0.4, -0.2) is 11.4 Å². The molecule has 0 bridgehead atoms. The lowest BCUT2D eigenvalue weighted by Gasteiger charge is -1.88. The summed E-state index contributed by atoms with van der Waals surface area (Å²) in [7, 11) is 0. The lowest BCUT2D eigenvalue weighted by Crippen LogP contribution is -1.75. The van der Waals surface area contributed by atoms with Gasteiger partial charge in [0.2, 0.25) is 0 Å². The average molecular weight is 165 g/mol. The highest BCUT2D eigenvalue weighted by Gasteiger charge is 2.36. The van der Waals surface area contributed by atoms with Crippen molar-refractivity contribution in [1.82, 2.24) is 0 Å². The smallest absolute Gasteiger partial charge is 0.148 e. The molecule has 3 heteroatoms. The maximum absolute atomic E-state index is 8.24. The molecule has 1 fully saturated rings. The zero-order chi connectivity index (χ0) is 8.55. The highest BCUT2D eigenvalue weighted by atomic mass is 16.4. The fourth-order valence-electron chi connectivity index (χ4n) is 1.41. The quantitative estimate of drug-likeness (QED) is 0.415. The Balaban J connectivity index is 2.14. The van der Waals surface area contributed by atoms with E-state index in [9.17, 15) is 0 Å². The van der Waals surface area contributed by atoms with Gasteiger partial charge in [-0.05, 0) is 24.5 Å². The van der Waals surface area contributed by atoms with Gasteiger partial charge < -0.3 is 9.62 Å². The third-order valence-corrected chi connectivity index (χ3v) is 2.31. The van der Waals surface area contributed by atoms with Crippen molar-refractivity contribution in [1.29, 1.82) is 0 Å². The first-order chi connectivity index (χ1) is 5.81. The lowest BCUT2D eigenvalue weighted by atomic mass is 10.3. The zero-order valence-electron chi connectivity index (χ0n) is 6.90. The van der Waals surface area contributed by atoms with E-state index in [2.05, 4.69) is 12.1 Å². The van der Waals surface area contributed by atoms with Gasteiger partial charge in [0.05, 0.1) is 0 Å². The van der Waals surface area contributed by atoms with E-state index in [0.29, 0.717) is 11.7 Å². The Morgan fingerprint density at radius 2 is 2.42 bits per heavy atom. The number of rotatable bonds is 2. The van der Waals surface area contributed by atoms with Crippen molar-refractivity contribution in [3.8, 4) is 0 Å². The molecule has 1 N–H and O–H groups in total. The molecule has 0 amide bonds. The first-order valence-corrected chi connectivity index (χ1v) is 4.08. The van der Waals surface area contributed by atoms with E-state index < -0.39 is 0 Å². The summed E-state index contributed by atoms with van der Waals surface area (Å²) in [5, 5.41) is 11.1. The minimum absolute atomic E-state index is 0.589. The Hall–Kier alpha value is -1.25. The van der Waals surface area contributed by atoms with Crippen molar-refractivity contribution in [2.24, 2.45) is 11.1 Å². The van der Waals surface area contributed by atoms with Crippen LogP contribution in [0.4, 0.5) is 0 Å². The first kappa shape index (κ1) is 7.40. The van der Waals surface area contributed by atoms with Crippen LogP contribution in [0.2, 0.25) is 0 Å². The van der Waals surface area contributed by atoms with E-state index in [0.717, 1.165) is 11.7 Å². The maximum Gasteiger partial charge on any atom is 0.148 e. The van der Waals surface area contributed by atoms with Crippen LogP contribution in [0.1, 0.15) is 30.8 Å². The van der Waals surface area contributed by atoms with Gasteiger partial charge in [-0.3, -0.25) is 0 Å². The molecular weight excluding hydrogens is 154 g/mol. The predicted molar refractivity (Wildman–Crippen MR) is 44.6 cm³/mol. The second-order valence-electron chi connectivity index (χ2n) is 3.30. The molecule has 2 atom stereocenters. The van der Waals surface area contributed by atoms with Gasteiger partial charge >= 0.3 is 0 Å². The average Bonchev–Trinajstić information content (AvgIpc) is 2.62. The molecule has 2 rings (SSSR count). The zero-order valence-corrected chi connectivity index (χ0v) is 6.90. The standard InChI is InChI=1S/C9H11NO2/c1-6-4-8(6)9-3-2-7(12-9)5-10-11/h2-3,5-6,8,11H,4H2,1H3/t6-,8+/m0/s1. The van der Waals surface area contributed by atoms with Crippen LogP contribution in [-0.2, 0) is 0 Å². The van der Waals surface area contributed by atoms with Crippen molar-refractivity contribution < 1.29 is 9.62 Å². The number of oxime groups is 1. The van der Waals surface area contributed by atoms with Crippen molar-refractivity contribution in [3.05, 3.63) is 23.7 Å². The van der Waals surface area contributed by atoms with Gasteiger partial charge in [0.1, 0.15) is 17.7 Å². The summed E-state index contributed by atoms with van der Waals surface area (Å²) in [5.41, 5.74) is 0. The van der Waals surface area contributed by atoms with E-state index in [4.69, 9.17) is 9.62 Å². The van der Waals surface area contributed by atoms with Gasteiger partial charge in [-0.2, -0.15) is 0 Å². The van der Waals surface area contributed by atoms with Crippen LogP contribution in [0.3, 0.4) is 0 Å². The van der Waals surface area contributed by atoms with Crippen molar-refractivity contribution in [2.75, 3.05) is 0 Å². The molecular formula is C9H11NO2. The van der Waals surface area contributed by atoms with Crippen molar-refractivity contribution in [2.45, 2.75) is 19.3 Å². The summed E-state index contributed by atoms with van der Waals surface area (Å²) in [6, 6.07) is 3.77. The topological polar surface area (TPSA) is 45.7 Å². The summed E-state index contributed by atoms with van der Waals surface area (Å²) >= 11 is 0. The molecule has 1 heterocycles. The normalized spacial score (nSPS) is 28.1. The third-order valence-electron chi connectivity index (χ3n) is 2.31. The van der Waals surface area contributed by atoms with E-state index in [1.54, 1.807) is 0 Å². The number of furan rings is 1. The summed E-state index contributed by atoms with van der Waals surface area (Å²) in [5.74, 6) is 2.96. The van der Waals surface area contributed by atoms with Crippen LogP contribution >= 0.6 is 0 Å². The minimum atomic E-state index is 0.589. The molecule has 3 nitrogen and oxygen atoms in total. The molecule has 1 saturated carbocycles. The van der Waals surface area contributed by atoms with Gasteiger partial charge in [0.15, 0.2) is 0 Å². The molecule has 1 aromatic heterocycles. The minimum Gasteiger partial charge on any atom is -0.460 e. The lowest BCUT2D eigenvalue weighted by molar-refractivity contribution is 0.320. The van der Waals surface area contributed by atoms with Crippen molar-refractivity contribution >= 4 is 6.21 Å². The molecule has 0 spiro atoms. The Morgan fingerprint density at radius 1 is 1.67 bits per heavy atom. The number of hydrogen-bond donors (Lipinski definition) is 1. The fraction of sp³-hybridized carbons (Fsp3) is 0.444. The second kappa shape index (κ2) is 2.66. The molecule has 0 aliphatic heterocycles. The van der Waals surface area contributed by atoms with Crippen LogP contribution in [0.25, 0.3) is 0 Å². The van der Waals surface area contributed by atoms with Gasteiger partial charge in [-0.15, -0.1) is 0 Å². The SMILES string of the molecule is C[C@H]1C[C@H]1c1ccc(C=NO)o1. The molecule has 12 heavy (non-hydrogen) atoms. The Morgan fingerprint density at radius 3 is 3.00 bits per heavy atom. The Kier molecular flexibility index (Phi) is 1.64. The van der Waals surface area contributed by atoms with Gasteiger partial charge in [0, 0.05) is 5.92 Å². The molecule has 0 saturated heterocycles. The molecule has 0 radical (unpaired) electrons. The van der Waals surface area contributed by atoms with Crippen molar-refractivity contribution in [3.63, 3.8) is 0 Å². The van der Waals surface area contributed by atoms with E-state index in [1.807, 2.05) is 12.1 Å². The number of hydrogen-bond acceptors (Lipinski definition) is 3. The summed E-state index contributed by atoms with van der Waals surface area (Å²) in [4.78, 5) is 0. The third kappa shape index (κ3) is 1.22. The van der Waals surface area contributed by atoms with Crippen LogP contribution in [0, 0.1) is 5.92 Å². The number of nitrogens with zero attached hydrogens (tertiary/aromatic N) is 1. The van der Waals surface area contributed by atoms with Crippen LogP contribution < -0.4 is 0 Å². The van der Waals surface area contributed by atoms with E-state index in [-0.39, 0.29) is 0 Å². The molecule has 0 aromatic carbocycles. The largest absolute Gasteiger partial charge is 0.460 e. The summed E-state index contributed by atoms with van der Waals surface area (Å²) < 4.78 is 5.41. The maximum atomic E-state index is 8.24. The second-order valence-corrected chi connectivity index (χ2v) is 3.30. The van der Waals surface area contributed by atoms with Gasteiger partial charge in [-0.25, -0.2) is 0 Å². The van der Waals surface area contributed by atoms with E-state index in [1.165, 1.54) is 12.6 Å². The molecule has 1 aliphatic carbocycles. The fourth-order valence-corrected chi connectivity index (χ4v) is 1.41. The summed E-state index contributed by atoms with van der Waals surface area (Å²) in [6.45, 7) is 2.20. The molecule has 1 aromatic rings. The first-order valence-electron chi connectivity index (χ1n) is 4.08. The van der Waals surface area contributed by atoms with Gasteiger partial charge in [0.25, 0.3) is 0 Å². The predicted octanol–water partition coefficient (Wildman–Crippen LogP) is 2.21. The highest BCUT2D eigenvalue weighted by molar-refractivity contribution is 5.75. The molecule has 1 aliphatic rings. The molecule has 0 unspecified atom stereocenters. The van der Waals surface area contributed by atoms with E-state index >= 15 is 0 Å². The molecule has 64 valence electrons. The Bertz CT molecular complexity index is 303. The van der Waals surface area contributed by atoms with Crippen LogP contribution in [0.5, 0.6) is 0 Å². The monoisotopic (exact) mass is 165 g/mol.